The molecule has 0 bridgehead atoms. The van der Waals surface area contributed by atoms with E-state index in [9.17, 15) is 9.59 Å². The number of fused-ring (bicyclic) bond motifs is 1. The van der Waals surface area contributed by atoms with Crippen molar-refractivity contribution in [1.82, 2.24) is 0 Å². The van der Waals surface area contributed by atoms with Crippen molar-refractivity contribution in [2.24, 2.45) is 5.92 Å². The molecular weight excluding hydrogens is 172 g/mol. The molecule has 1 saturated carbocycles. The van der Waals surface area contributed by atoms with Crippen LogP contribution in [-0.4, -0.2) is 24.6 Å². The Morgan fingerprint density at radius 3 is 2.85 bits per heavy atom. The smallest absolute Gasteiger partial charge is 0.427 e. The van der Waals surface area contributed by atoms with E-state index in [2.05, 4.69) is 0 Å². The summed E-state index contributed by atoms with van der Waals surface area (Å²) in [6.45, 7) is 0. The van der Waals surface area contributed by atoms with Crippen LogP contribution in [0.3, 0.4) is 0 Å². The maximum atomic E-state index is 10.8. The average molecular weight is 183 g/mol. The fourth-order valence-corrected chi connectivity index (χ4v) is 2.02. The summed E-state index contributed by atoms with van der Waals surface area (Å²) < 4.78 is 9.88. The summed E-state index contributed by atoms with van der Waals surface area (Å²) in [5.74, 6) is 0.313. The van der Waals surface area contributed by atoms with Crippen LogP contribution in [0.5, 0.6) is 0 Å². The van der Waals surface area contributed by atoms with Crippen LogP contribution < -0.4 is 0 Å². The second-order valence-electron chi connectivity index (χ2n) is 3.59. The quantitative estimate of drug-likeness (QED) is 0.603. The summed E-state index contributed by atoms with van der Waals surface area (Å²) in [7, 11) is 0. The van der Waals surface area contributed by atoms with Gasteiger partial charge in [0.2, 0.25) is 0 Å². The molecule has 1 aliphatic heterocycles. The molecule has 0 aromatic rings. The largest absolute Gasteiger partial charge is 0.509 e. The highest BCUT2D eigenvalue weighted by atomic mass is 16.8. The van der Waals surface area contributed by atoms with Gasteiger partial charge in [-0.05, 0) is 25.2 Å². The highest BCUT2D eigenvalue weighted by molar-refractivity contribution is 5.62. The molecule has 1 heterocycles. The maximum absolute atomic E-state index is 10.8. The fourth-order valence-electron chi connectivity index (χ4n) is 2.02. The number of hydrogen-bond donors (Lipinski definition) is 0. The van der Waals surface area contributed by atoms with E-state index < -0.39 is 6.16 Å². The van der Waals surface area contributed by atoms with Crippen LogP contribution in [0.15, 0.2) is 0 Å². The topological polar surface area (TPSA) is 52.6 Å². The Hall–Kier alpha value is -1.06. The number of hydrogen-bond acceptors (Lipinski definition) is 4. The van der Waals surface area contributed by atoms with E-state index in [0.29, 0.717) is 12.3 Å². The highest BCUT2D eigenvalue weighted by Gasteiger charge is 2.41. The molecule has 4 heteroatoms. The molecule has 1 aliphatic carbocycles. The average Bonchev–Trinajstić information content (AvgIpc) is 2.44. The zero-order valence-corrected chi connectivity index (χ0v) is 7.19. The van der Waals surface area contributed by atoms with Gasteiger partial charge in [-0.15, -0.1) is 0 Å². The van der Waals surface area contributed by atoms with Gasteiger partial charge < -0.3 is 9.47 Å². The SMILES string of the molecule is O=[C]CC1CCC2OC(=O)OC2C1. The summed E-state index contributed by atoms with van der Waals surface area (Å²) in [4.78, 5) is 20.9. The van der Waals surface area contributed by atoms with Gasteiger partial charge in [0.05, 0.1) is 0 Å². The zero-order chi connectivity index (χ0) is 9.26. The first-order chi connectivity index (χ1) is 6.29. The first kappa shape index (κ1) is 8.53. The molecule has 0 amide bonds. The minimum Gasteiger partial charge on any atom is -0.427 e. The molecule has 2 rings (SSSR count). The third-order valence-corrected chi connectivity index (χ3v) is 2.71. The molecule has 71 valence electrons. The van der Waals surface area contributed by atoms with Crippen LogP contribution in [0.1, 0.15) is 25.7 Å². The Morgan fingerprint density at radius 2 is 2.08 bits per heavy atom. The molecule has 0 spiro atoms. The van der Waals surface area contributed by atoms with E-state index >= 15 is 0 Å². The molecule has 2 aliphatic rings. The van der Waals surface area contributed by atoms with E-state index in [1.54, 1.807) is 0 Å². The molecule has 2 fully saturated rings. The fraction of sp³-hybridized carbons (Fsp3) is 0.778. The highest BCUT2D eigenvalue weighted by Crippen LogP contribution is 2.33. The van der Waals surface area contributed by atoms with E-state index in [-0.39, 0.29) is 12.2 Å². The summed E-state index contributed by atoms with van der Waals surface area (Å²) in [6, 6.07) is 0. The van der Waals surface area contributed by atoms with E-state index in [0.717, 1.165) is 19.3 Å². The van der Waals surface area contributed by atoms with Gasteiger partial charge in [0.1, 0.15) is 12.2 Å². The molecule has 13 heavy (non-hydrogen) atoms. The lowest BCUT2D eigenvalue weighted by Crippen LogP contribution is -2.31. The Morgan fingerprint density at radius 1 is 1.31 bits per heavy atom. The van der Waals surface area contributed by atoms with Crippen molar-refractivity contribution in [2.75, 3.05) is 0 Å². The van der Waals surface area contributed by atoms with Crippen LogP contribution in [0.25, 0.3) is 0 Å². The van der Waals surface area contributed by atoms with Crippen molar-refractivity contribution in [3.05, 3.63) is 0 Å². The number of ether oxygens (including phenoxy) is 2. The first-order valence-electron chi connectivity index (χ1n) is 4.52. The van der Waals surface area contributed by atoms with Gasteiger partial charge in [0.15, 0.2) is 6.29 Å². The van der Waals surface area contributed by atoms with E-state index in [4.69, 9.17) is 9.47 Å². The van der Waals surface area contributed by atoms with Gasteiger partial charge in [-0.2, -0.15) is 0 Å². The summed E-state index contributed by atoms with van der Waals surface area (Å²) in [5, 5.41) is 0. The van der Waals surface area contributed by atoms with Crippen molar-refractivity contribution in [3.8, 4) is 0 Å². The zero-order valence-electron chi connectivity index (χ0n) is 7.19. The van der Waals surface area contributed by atoms with Gasteiger partial charge >= 0.3 is 6.16 Å². The first-order valence-corrected chi connectivity index (χ1v) is 4.52. The lowest BCUT2D eigenvalue weighted by Gasteiger charge is -2.26. The van der Waals surface area contributed by atoms with Crippen LogP contribution in [0, 0.1) is 5.92 Å². The van der Waals surface area contributed by atoms with Crippen molar-refractivity contribution >= 4 is 12.4 Å². The molecule has 1 radical (unpaired) electrons. The standard InChI is InChI=1S/C9H11O4/c10-4-3-6-1-2-7-8(5-6)13-9(11)12-7/h6-8H,1-3,5H2. The lowest BCUT2D eigenvalue weighted by atomic mass is 9.84. The Labute approximate surface area is 76.2 Å². The van der Waals surface area contributed by atoms with Crippen LogP contribution in [-0.2, 0) is 14.3 Å². The van der Waals surface area contributed by atoms with Crippen LogP contribution in [0.4, 0.5) is 4.79 Å². The van der Waals surface area contributed by atoms with Crippen LogP contribution in [0.2, 0.25) is 0 Å². The Balaban J connectivity index is 1.93. The molecule has 3 atom stereocenters. The molecule has 4 nitrogen and oxygen atoms in total. The minimum atomic E-state index is -0.564. The third kappa shape index (κ3) is 1.66. The predicted molar refractivity (Wildman–Crippen MR) is 42.8 cm³/mol. The van der Waals surface area contributed by atoms with Gasteiger partial charge in [0.25, 0.3) is 0 Å². The summed E-state index contributed by atoms with van der Waals surface area (Å²) in [5.41, 5.74) is 0. The van der Waals surface area contributed by atoms with Gasteiger partial charge in [-0.1, -0.05) is 0 Å². The maximum Gasteiger partial charge on any atom is 0.509 e. The van der Waals surface area contributed by atoms with E-state index in [1.807, 2.05) is 6.29 Å². The Kier molecular flexibility index (Phi) is 2.20. The minimum absolute atomic E-state index is 0.0737. The van der Waals surface area contributed by atoms with Crippen LogP contribution >= 0.6 is 0 Å². The van der Waals surface area contributed by atoms with Crippen molar-refractivity contribution < 1.29 is 19.1 Å². The number of rotatable bonds is 2. The normalized spacial score (nSPS) is 37.5. The molecule has 0 aromatic heterocycles. The van der Waals surface area contributed by atoms with Gasteiger partial charge in [0, 0.05) is 6.42 Å². The number of carbonyl (C=O) groups is 1. The number of carbonyl (C=O) groups excluding carboxylic acids is 2. The summed E-state index contributed by atoms with van der Waals surface area (Å²) >= 11 is 0. The monoisotopic (exact) mass is 183 g/mol. The molecule has 0 aromatic carbocycles. The Bertz CT molecular complexity index is 226. The molecule has 1 saturated heterocycles. The van der Waals surface area contributed by atoms with Gasteiger partial charge in [-0.25, -0.2) is 4.79 Å². The second-order valence-corrected chi connectivity index (χ2v) is 3.59. The van der Waals surface area contributed by atoms with Crippen molar-refractivity contribution in [1.29, 1.82) is 0 Å². The predicted octanol–water partition coefficient (Wildman–Crippen LogP) is 1.19. The van der Waals surface area contributed by atoms with Gasteiger partial charge in [-0.3, -0.25) is 4.79 Å². The molecular formula is C9H11O4. The third-order valence-electron chi connectivity index (χ3n) is 2.71. The molecule has 0 N–H and O–H groups in total. The molecule has 3 unspecified atom stereocenters. The van der Waals surface area contributed by atoms with E-state index in [1.165, 1.54) is 0 Å². The lowest BCUT2D eigenvalue weighted by molar-refractivity contribution is 0.0832. The summed E-state index contributed by atoms with van der Waals surface area (Å²) in [6.07, 6.45) is 4.05. The van der Waals surface area contributed by atoms with Crippen molar-refractivity contribution in [3.63, 3.8) is 0 Å². The second kappa shape index (κ2) is 3.36. The van der Waals surface area contributed by atoms with Crippen molar-refractivity contribution in [2.45, 2.75) is 37.9 Å².